The smallest absolute Gasteiger partial charge is 0.255 e. The summed E-state index contributed by atoms with van der Waals surface area (Å²) < 4.78 is 27.4. The van der Waals surface area contributed by atoms with Crippen LogP contribution >= 0.6 is 11.3 Å². The van der Waals surface area contributed by atoms with Crippen molar-refractivity contribution in [3.05, 3.63) is 50.7 Å². The fourth-order valence-electron chi connectivity index (χ4n) is 4.00. The molecule has 2 aromatic rings. The summed E-state index contributed by atoms with van der Waals surface area (Å²) in [6, 6.07) is 5.26. The third-order valence-corrected chi connectivity index (χ3v) is 8.92. The zero-order valence-corrected chi connectivity index (χ0v) is 18.0. The van der Waals surface area contributed by atoms with Crippen molar-refractivity contribution in [2.24, 2.45) is 0 Å². The number of fused-ring (bicyclic) bond motifs is 1. The van der Waals surface area contributed by atoms with Crippen LogP contribution in [-0.2, 0) is 22.9 Å². The average molecular weight is 419 g/mol. The van der Waals surface area contributed by atoms with Crippen LogP contribution in [0.5, 0.6) is 0 Å². The molecule has 5 nitrogen and oxygen atoms in total. The number of benzene rings is 1. The number of carbonyl (C=O) groups excluding carboxylic acids is 1. The number of hydrogen-bond donors (Lipinski definition) is 0. The van der Waals surface area contributed by atoms with Crippen LogP contribution in [0.3, 0.4) is 0 Å². The Kier molecular flexibility index (Phi) is 5.33. The number of rotatable bonds is 3. The molecule has 4 rings (SSSR count). The quantitative estimate of drug-likeness (QED) is 0.768. The van der Waals surface area contributed by atoms with E-state index in [2.05, 4.69) is 0 Å². The summed E-state index contributed by atoms with van der Waals surface area (Å²) in [7, 11) is -3.52. The van der Waals surface area contributed by atoms with Gasteiger partial charge in [0, 0.05) is 36.4 Å². The van der Waals surface area contributed by atoms with Gasteiger partial charge in [0.1, 0.15) is 0 Å². The fourth-order valence-corrected chi connectivity index (χ4v) is 6.63. The van der Waals surface area contributed by atoms with Crippen molar-refractivity contribution in [1.29, 1.82) is 0 Å². The van der Waals surface area contributed by atoms with E-state index in [9.17, 15) is 13.2 Å². The van der Waals surface area contributed by atoms with Gasteiger partial charge in [-0.2, -0.15) is 4.31 Å². The molecule has 2 heterocycles. The Morgan fingerprint density at radius 1 is 1.00 bits per heavy atom. The van der Waals surface area contributed by atoms with Crippen molar-refractivity contribution in [2.75, 3.05) is 26.2 Å². The molecule has 0 spiro atoms. The number of amides is 1. The highest BCUT2D eigenvalue weighted by Crippen LogP contribution is 2.31. The monoisotopic (exact) mass is 418 g/mol. The molecule has 0 atom stereocenters. The van der Waals surface area contributed by atoms with E-state index >= 15 is 0 Å². The Bertz CT molecular complexity index is 1000. The summed E-state index contributed by atoms with van der Waals surface area (Å²) in [5.74, 6) is 0.0580. The predicted molar refractivity (Wildman–Crippen MR) is 112 cm³/mol. The Hall–Kier alpha value is -1.70. The zero-order valence-electron chi connectivity index (χ0n) is 16.4. The van der Waals surface area contributed by atoms with E-state index in [0.29, 0.717) is 31.1 Å². The molecule has 1 aliphatic carbocycles. The van der Waals surface area contributed by atoms with Crippen LogP contribution in [0.15, 0.2) is 28.5 Å². The van der Waals surface area contributed by atoms with Gasteiger partial charge >= 0.3 is 0 Å². The average Bonchev–Trinajstić information content (AvgIpc) is 3.13. The molecule has 0 saturated carbocycles. The van der Waals surface area contributed by atoms with Crippen molar-refractivity contribution in [3.63, 3.8) is 0 Å². The number of hydrogen-bond acceptors (Lipinski definition) is 4. The lowest BCUT2D eigenvalue weighted by Gasteiger charge is -2.34. The first kappa shape index (κ1) is 19.6. The highest BCUT2D eigenvalue weighted by atomic mass is 32.2. The SMILES string of the molecule is Cc1ccc(S(=O)(=O)N2CCN(C(=O)c3csc4c3CCCC4)CC2)cc1C. The number of carbonyl (C=O) groups is 1. The molecule has 0 bridgehead atoms. The highest BCUT2D eigenvalue weighted by Gasteiger charge is 2.32. The summed E-state index contributed by atoms with van der Waals surface area (Å²) >= 11 is 1.70. The van der Waals surface area contributed by atoms with Crippen LogP contribution in [0.2, 0.25) is 0 Å². The Balaban J connectivity index is 1.46. The normalized spacial score (nSPS) is 18.1. The van der Waals surface area contributed by atoms with Gasteiger partial charge in [0.25, 0.3) is 5.91 Å². The second-order valence-electron chi connectivity index (χ2n) is 7.70. The zero-order chi connectivity index (χ0) is 19.9. The first-order valence-corrected chi connectivity index (χ1v) is 12.2. The van der Waals surface area contributed by atoms with Gasteiger partial charge in [-0.15, -0.1) is 11.3 Å². The van der Waals surface area contributed by atoms with Crippen LogP contribution in [-0.4, -0.2) is 49.7 Å². The lowest BCUT2D eigenvalue weighted by molar-refractivity contribution is 0.0697. The molecular weight excluding hydrogens is 392 g/mol. The summed E-state index contributed by atoms with van der Waals surface area (Å²) in [6.07, 6.45) is 4.42. The molecule has 0 unspecified atom stereocenters. The maximum Gasteiger partial charge on any atom is 0.255 e. The molecule has 1 aromatic carbocycles. The highest BCUT2D eigenvalue weighted by molar-refractivity contribution is 7.89. The summed E-state index contributed by atoms with van der Waals surface area (Å²) in [6.45, 7) is 5.45. The second-order valence-corrected chi connectivity index (χ2v) is 10.6. The summed E-state index contributed by atoms with van der Waals surface area (Å²) in [5, 5.41) is 2.00. The topological polar surface area (TPSA) is 57.7 Å². The van der Waals surface area contributed by atoms with Gasteiger partial charge in [-0.3, -0.25) is 4.79 Å². The van der Waals surface area contributed by atoms with Crippen LogP contribution in [0, 0.1) is 13.8 Å². The van der Waals surface area contributed by atoms with Gasteiger partial charge in [-0.05, 0) is 68.4 Å². The number of aryl methyl sites for hydroxylation is 3. The standard InChI is InChI=1S/C21H26N2O3S2/c1-15-7-8-17(13-16(15)2)28(25,26)23-11-9-22(10-12-23)21(24)19-14-27-20-6-4-3-5-18(19)20/h7-8,13-14H,3-6,9-12H2,1-2H3. The molecule has 28 heavy (non-hydrogen) atoms. The summed E-state index contributed by atoms with van der Waals surface area (Å²) in [5.41, 5.74) is 4.11. The molecule has 1 saturated heterocycles. The maximum atomic E-state index is 13.0. The molecular formula is C21H26N2O3S2. The number of nitrogens with zero attached hydrogens (tertiary/aromatic N) is 2. The maximum absolute atomic E-state index is 13.0. The predicted octanol–water partition coefficient (Wildman–Crippen LogP) is 3.39. The molecule has 7 heteroatoms. The minimum Gasteiger partial charge on any atom is -0.336 e. The van der Waals surface area contributed by atoms with Crippen molar-refractivity contribution in [2.45, 2.75) is 44.4 Å². The summed E-state index contributed by atoms with van der Waals surface area (Å²) in [4.78, 5) is 16.5. The van der Waals surface area contributed by atoms with E-state index in [1.807, 2.05) is 30.2 Å². The van der Waals surface area contributed by atoms with Gasteiger partial charge < -0.3 is 4.90 Å². The minimum atomic E-state index is -3.52. The molecule has 1 aliphatic heterocycles. The van der Waals surface area contributed by atoms with Crippen LogP contribution in [0.1, 0.15) is 44.8 Å². The Morgan fingerprint density at radius 2 is 1.71 bits per heavy atom. The van der Waals surface area contributed by atoms with Crippen LogP contribution in [0.25, 0.3) is 0 Å². The van der Waals surface area contributed by atoms with Gasteiger partial charge in [-0.1, -0.05) is 6.07 Å². The van der Waals surface area contributed by atoms with E-state index in [1.54, 1.807) is 23.5 Å². The number of thiophene rings is 1. The van der Waals surface area contributed by atoms with Crippen molar-refractivity contribution in [1.82, 2.24) is 9.21 Å². The molecule has 0 radical (unpaired) electrons. The molecule has 1 aromatic heterocycles. The first-order valence-electron chi connectivity index (χ1n) is 9.84. The van der Waals surface area contributed by atoms with E-state index in [1.165, 1.54) is 21.2 Å². The van der Waals surface area contributed by atoms with Gasteiger partial charge in [0.05, 0.1) is 10.5 Å². The van der Waals surface area contributed by atoms with E-state index in [-0.39, 0.29) is 5.91 Å². The van der Waals surface area contributed by atoms with Crippen molar-refractivity contribution >= 4 is 27.3 Å². The minimum absolute atomic E-state index is 0.0580. The van der Waals surface area contributed by atoms with E-state index in [4.69, 9.17) is 0 Å². The van der Waals surface area contributed by atoms with E-state index < -0.39 is 10.0 Å². The van der Waals surface area contributed by atoms with Crippen molar-refractivity contribution in [3.8, 4) is 0 Å². The molecule has 1 fully saturated rings. The van der Waals surface area contributed by atoms with Crippen molar-refractivity contribution < 1.29 is 13.2 Å². The lowest BCUT2D eigenvalue weighted by Crippen LogP contribution is -2.50. The second kappa shape index (κ2) is 7.61. The fraction of sp³-hybridized carbons (Fsp3) is 0.476. The third kappa shape index (κ3) is 3.51. The van der Waals surface area contributed by atoms with Gasteiger partial charge in [0.2, 0.25) is 10.0 Å². The number of sulfonamides is 1. The lowest BCUT2D eigenvalue weighted by atomic mass is 9.95. The number of piperazine rings is 1. The molecule has 1 amide bonds. The first-order chi connectivity index (χ1) is 13.4. The van der Waals surface area contributed by atoms with Crippen LogP contribution < -0.4 is 0 Å². The van der Waals surface area contributed by atoms with E-state index in [0.717, 1.165) is 36.0 Å². The van der Waals surface area contributed by atoms with Gasteiger partial charge in [0.15, 0.2) is 0 Å². The molecule has 0 N–H and O–H groups in total. The third-order valence-electron chi connectivity index (χ3n) is 5.93. The van der Waals surface area contributed by atoms with Gasteiger partial charge in [-0.25, -0.2) is 8.42 Å². The molecule has 150 valence electrons. The Labute approximate surface area is 171 Å². The largest absolute Gasteiger partial charge is 0.336 e. The van der Waals surface area contributed by atoms with Crippen LogP contribution in [0.4, 0.5) is 0 Å². The Morgan fingerprint density at radius 3 is 2.43 bits per heavy atom. The molecule has 2 aliphatic rings.